The van der Waals surface area contributed by atoms with Crippen molar-refractivity contribution in [2.45, 2.75) is 5.38 Å². The van der Waals surface area contributed by atoms with Crippen LogP contribution in [0.5, 0.6) is 0 Å². The van der Waals surface area contributed by atoms with Gasteiger partial charge in [0.25, 0.3) is 0 Å². The van der Waals surface area contributed by atoms with Crippen LogP contribution in [0.3, 0.4) is 0 Å². The molecule has 0 spiro atoms. The summed E-state index contributed by atoms with van der Waals surface area (Å²) in [5.41, 5.74) is 0.822. The number of nitriles is 1. The molecule has 0 N–H and O–H groups in total. The van der Waals surface area contributed by atoms with Crippen LogP contribution in [0.2, 0.25) is 0 Å². The van der Waals surface area contributed by atoms with Gasteiger partial charge in [0.1, 0.15) is 5.38 Å². The lowest BCUT2D eigenvalue weighted by Gasteiger charge is -1.96. The van der Waals surface area contributed by atoms with Gasteiger partial charge >= 0.3 is 0 Å². The van der Waals surface area contributed by atoms with Crippen molar-refractivity contribution in [2.24, 2.45) is 0 Å². The van der Waals surface area contributed by atoms with Crippen LogP contribution < -0.4 is 0 Å². The van der Waals surface area contributed by atoms with Gasteiger partial charge in [-0.3, -0.25) is 0 Å². The first-order chi connectivity index (χ1) is 4.84. The third-order valence-corrected chi connectivity index (χ3v) is 1.50. The smallest absolute Gasteiger partial charge is 0.145 e. The zero-order valence-electron chi connectivity index (χ0n) is 5.21. The van der Waals surface area contributed by atoms with Crippen molar-refractivity contribution in [1.82, 2.24) is 0 Å². The highest BCUT2D eigenvalue weighted by molar-refractivity contribution is 6.22. The summed E-state index contributed by atoms with van der Waals surface area (Å²) in [6.45, 7) is 0. The average molecular weight is 151 g/mol. The molecule has 1 radical (unpaired) electrons. The average Bonchev–Trinajstić information content (AvgIpc) is 2.05. The molecule has 1 aromatic rings. The zero-order valence-corrected chi connectivity index (χ0v) is 5.97. The maximum absolute atomic E-state index is 8.40. The van der Waals surface area contributed by atoms with E-state index in [4.69, 9.17) is 16.9 Å². The van der Waals surface area contributed by atoms with Crippen molar-refractivity contribution in [3.8, 4) is 6.07 Å². The molecular weight excluding hydrogens is 146 g/mol. The normalized spacial score (nSPS) is 12.0. The van der Waals surface area contributed by atoms with Crippen molar-refractivity contribution in [3.63, 3.8) is 0 Å². The molecular formula is C8H5ClN. The molecule has 0 saturated heterocycles. The highest BCUT2D eigenvalue weighted by Crippen LogP contribution is 2.17. The summed E-state index contributed by atoms with van der Waals surface area (Å²) in [4.78, 5) is 0. The van der Waals surface area contributed by atoms with E-state index in [1.807, 2.05) is 6.07 Å². The van der Waals surface area contributed by atoms with E-state index >= 15 is 0 Å². The number of hydrogen-bond acceptors (Lipinski definition) is 1. The van der Waals surface area contributed by atoms with E-state index in [0.717, 1.165) is 5.56 Å². The minimum Gasteiger partial charge on any atom is -0.196 e. The van der Waals surface area contributed by atoms with Crippen LogP contribution in [0, 0.1) is 17.4 Å². The fraction of sp³-hybridized carbons (Fsp3) is 0.125. The third kappa shape index (κ3) is 1.49. The summed E-state index contributed by atoms with van der Waals surface area (Å²) in [6, 6.07) is 11.8. The van der Waals surface area contributed by atoms with Gasteiger partial charge in [0.05, 0.1) is 6.07 Å². The van der Waals surface area contributed by atoms with Gasteiger partial charge in [0.15, 0.2) is 0 Å². The Kier molecular flexibility index (Phi) is 2.30. The Hall–Kier alpha value is -1.00. The topological polar surface area (TPSA) is 23.8 Å². The van der Waals surface area contributed by atoms with Crippen LogP contribution in [0.15, 0.2) is 24.3 Å². The predicted molar refractivity (Wildman–Crippen MR) is 39.5 cm³/mol. The van der Waals surface area contributed by atoms with Gasteiger partial charge in [-0.15, -0.1) is 11.6 Å². The van der Waals surface area contributed by atoms with Crippen molar-refractivity contribution < 1.29 is 0 Å². The van der Waals surface area contributed by atoms with E-state index in [2.05, 4.69) is 6.07 Å². The largest absolute Gasteiger partial charge is 0.196 e. The number of halogens is 1. The van der Waals surface area contributed by atoms with Gasteiger partial charge in [0, 0.05) is 0 Å². The molecule has 0 aromatic heterocycles. The molecule has 49 valence electrons. The summed E-state index contributed by atoms with van der Waals surface area (Å²) in [5, 5.41) is 7.86. The minimum absolute atomic E-state index is 0.533. The maximum Gasteiger partial charge on any atom is 0.145 e. The van der Waals surface area contributed by atoms with Crippen LogP contribution in [0.4, 0.5) is 0 Å². The lowest BCUT2D eigenvalue weighted by Crippen LogP contribution is -1.83. The van der Waals surface area contributed by atoms with Gasteiger partial charge in [-0.25, -0.2) is 0 Å². The highest BCUT2D eigenvalue weighted by Gasteiger charge is 2.02. The van der Waals surface area contributed by atoms with Crippen molar-refractivity contribution >= 4 is 11.6 Å². The Bertz CT molecular complexity index is 237. The van der Waals surface area contributed by atoms with Crippen LogP contribution in [0.1, 0.15) is 10.9 Å². The molecule has 10 heavy (non-hydrogen) atoms. The zero-order chi connectivity index (χ0) is 7.40. The molecule has 1 atom stereocenters. The maximum atomic E-state index is 8.40. The number of benzene rings is 1. The van der Waals surface area contributed by atoms with Crippen LogP contribution in [-0.4, -0.2) is 0 Å². The van der Waals surface area contributed by atoms with Crippen LogP contribution in [0.25, 0.3) is 0 Å². The van der Waals surface area contributed by atoms with E-state index in [1.165, 1.54) is 0 Å². The molecule has 0 saturated carbocycles. The van der Waals surface area contributed by atoms with Crippen molar-refractivity contribution in [1.29, 1.82) is 5.26 Å². The molecule has 0 heterocycles. The molecule has 0 fully saturated rings. The SMILES string of the molecule is N#CC(Cl)c1cc[c]cc1. The number of nitrogens with zero attached hydrogens (tertiary/aromatic N) is 1. The van der Waals surface area contributed by atoms with Crippen LogP contribution >= 0.6 is 11.6 Å². The third-order valence-electron chi connectivity index (χ3n) is 1.15. The first-order valence-corrected chi connectivity index (χ1v) is 3.28. The van der Waals surface area contributed by atoms with E-state index in [0.29, 0.717) is 0 Å². The monoisotopic (exact) mass is 150 g/mol. The van der Waals surface area contributed by atoms with E-state index in [1.54, 1.807) is 24.3 Å². The molecule has 0 amide bonds. The summed E-state index contributed by atoms with van der Waals surface area (Å²) in [5.74, 6) is 0. The lowest BCUT2D eigenvalue weighted by molar-refractivity contribution is 1.21. The molecule has 0 bridgehead atoms. The first-order valence-electron chi connectivity index (χ1n) is 2.84. The van der Waals surface area contributed by atoms with E-state index in [-0.39, 0.29) is 0 Å². The second-order valence-electron chi connectivity index (χ2n) is 1.82. The molecule has 0 aliphatic carbocycles. The Balaban J connectivity index is 2.88. The summed E-state index contributed by atoms with van der Waals surface area (Å²) in [7, 11) is 0. The number of hydrogen-bond donors (Lipinski definition) is 0. The molecule has 1 rings (SSSR count). The van der Waals surface area contributed by atoms with E-state index < -0.39 is 5.38 Å². The second kappa shape index (κ2) is 3.24. The van der Waals surface area contributed by atoms with Gasteiger partial charge in [-0.1, -0.05) is 24.3 Å². The number of alkyl halides is 1. The van der Waals surface area contributed by atoms with Crippen molar-refractivity contribution in [3.05, 3.63) is 35.9 Å². The first kappa shape index (κ1) is 7.11. The molecule has 0 aliphatic heterocycles. The Labute approximate surface area is 64.9 Å². The Morgan fingerprint density at radius 3 is 2.60 bits per heavy atom. The summed E-state index contributed by atoms with van der Waals surface area (Å²) < 4.78 is 0. The molecule has 1 nitrogen and oxygen atoms in total. The number of rotatable bonds is 1. The molecule has 2 heteroatoms. The second-order valence-corrected chi connectivity index (χ2v) is 2.26. The highest BCUT2D eigenvalue weighted by atomic mass is 35.5. The Morgan fingerprint density at radius 1 is 1.50 bits per heavy atom. The summed E-state index contributed by atoms with van der Waals surface area (Å²) >= 11 is 5.62. The molecule has 1 aromatic carbocycles. The Morgan fingerprint density at radius 2 is 2.10 bits per heavy atom. The van der Waals surface area contributed by atoms with Gasteiger partial charge in [-0.05, 0) is 11.6 Å². The molecule has 0 aliphatic rings. The fourth-order valence-electron chi connectivity index (χ4n) is 0.643. The standard InChI is InChI=1S/C8H5ClN/c9-8(6-10)7-4-2-1-3-5-7/h2-5,8H. The van der Waals surface area contributed by atoms with Gasteiger partial charge < -0.3 is 0 Å². The quantitative estimate of drug-likeness (QED) is 0.564. The lowest BCUT2D eigenvalue weighted by atomic mass is 10.2. The summed E-state index contributed by atoms with van der Waals surface area (Å²) in [6.07, 6.45) is 0. The minimum atomic E-state index is -0.533. The van der Waals surface area contributed by atoms with Gasteiger partial charge in [0.2, 0.25) is 0 Å². The van der Waals surface area contributed by atoms with Crippen molar-refractivity contribution in [2.75, 3.05) is 0 Å². The predicted octanol–water partition coefficient (Wildman–Crippen LogP) is 2.29. The molecule has 1 unspecified atom stereocenters. The van der Waals surface area contributed by atoms with Gasteiger partial charge in [-0.2, -0.15) is 5.26 Å². The fourth-order valence-corrected chi connectivity index (χ4v) is 0.789. The van der Waals surface area contributed by atoms with Crippen LogP contribution in [-0.2, 0) is 0 Å². The van der Waals surface area contributed by atoms with E-state index in [9.17, 15) is 0 Å².